The topological polar surface area (TPSA) is 54.0 Å². The van der Waals surface area contributed by atoms with Gasteiger partial charge in [-0.05, 0) is 56.2 Å². The molecule has 2 aromatic carbocycles. The lowest BCUT2D eigenvalue weighted by Gasteiger charge is -2.22. The number of carbonyl (C=O) groups is 1. The Labute approximate surface area is 167 Å². The normalized spacial score (nSPS) is 15.7. The van der Waals surface area contributed by atoms with Crippen LogP contribution in [0, 0.1) is 12.7 Å². The van der Waals surface area contributed by atoms with Crippen LogP contribution in [0.1, 0.15) is 30.5 Å². The zero-order chi connectivity index (χ0) is 20.5. The fraction of sp³-hybridized carbons (Fsp3) is 0.286. The highest BCUT2D eigenvalue weighted by atomic mass is 32.2. The number of hydrogen-bond donors (Lipinski definition) is 0. The molecule has 0 spiro atoms. The summed E-state index contributed by atoms with van der Waals surface area (Å²) in [5, 5.41) is 0. The van der Waals surface area contributed by atoms with Crippen LogP contribution in [-0.2, 0) is 18.8 Å². The molecule has 0 amide bonds. The van der Waals surface area contributed by atoms with Gasteiger partial charge in [-0.2, -0.15) is 4.33 Å². The standard InChI is InChI=1S/C21H21FO5S/c1-12-10-13(6-9-17(12)24-4)18-19(21(2,3)26-20(18)23)15-8-7-14(11-16(15)22)28-27-25-5/h6-11H,1-5H3. The van der Waals surface area contributed by atoms with Crippen molar-refractivity contribution >= 4 is 29.2 Å². The number of carbonyl (C=O) groups excluding carboxylic acids is 1. The first-order valence-electron chi connectivity index (χ1n) is 8.59. The van der Waals surface area contributed by atoms with Crippen molar-refractivity contribution in [2.24, 2.45) is 0 Å². The Morgan fingerprint density at radius 2 is 1.86 bits per heavy atom. The summed E-state index contributed by atoms with van der Waals surface area (Å²) in [4.78, 5) is 17.7. The lowest BCUT2D eigenvalue weighted by molar-refractivity contribution is -0.160. The number of ether oxygens (including phenoxy) is 2. The van der Waals surface area contributed by atoms with E-state index < -0.39 is 17.4 Å². The van der Waals surface area contributed by atoms with Gasteiger partial charge in [-0.1, -0.05) is 12.1 Å². The van der Waals surface area contributed by atoms with Crippen LogP contribution >= 0.6 is 12.0 Å². The molecule has 0 saturated carbocycles. The Bertz CT molecular complexity index is 952. The molecule has 1 heterocycles. The summed E-state index contributed by atoms with van der Waals surface area (Å²) < 4.78 is 30.6. The number of methoxy groups -OCH3 is 1. The van der Waals surface area contributed by atoms with Crippen molar-refractivity contribution in [1.82, 2.24) is 0 Å². The molecule has 3 rings (SSSR count). The van der Waals surface area contributed by atoms with E-state index in [2.05, 4.69) is 4.89 Å². The minimum absolute atomic E-state index is 0.307. The second-order valence-electron chi connectivity index (χ2n) is 6.79. The first kappa shape index (κ1) is 20.4. The molecule has 7 heteroatoms. The van der Waals surface area contributed by atoms with Gasteiger partial charge >= 0.3 is 5.97 Å². The summed E-state index contributed by atoms with van der Waals surface area (Å²) in [6.07, 6.45) is 0. The SMILES string of the molecule is COOSc1ccc(C2=C(c3ccc(OC)c(C)c3)C(=O)OC2(C)C)c(F)c1. The van der Waals surface area contributed by atoms with Gasteiger partial charge in [0.1, 0.15) is 17.2 Å². The summed E-state index contributed by atoms with van der Waals surface area (Å²) in [6, 6.07) is 10.1. The predicted molar refractivity (Wildman–Crippen MR) is 105 cm³/mol. The Hall–Kier alpha value is -2.35. The predicted octanol–water partition coefficient (Wildman–Crippen LogP) is 4.97. The number of benzene rings is 2. The molecule has 0 atom stereocenters. The van der Waals surface area contributed by atoms with E-state index >= 15 is 0 Å². The van der Waals surface area contributed by atoms with E-state index in [1.807, 2.05) is 13.0 Å². The third-order valence-electron chi connectivity index (χ3n) is 4.50. The van der Waals surface area contributed by atoms with Crippen LogP contribution in [0.3, 0.4) is 0 Å². The molecule has 1 aliphatic heterocycles. The van der Waals surface area contributed by atoms with E-state index in [0.717, 1.165) is 17.6 Å². The van der Waals surface area contributed by atoms with Crippen LogP contribution in [0.5, 0.6) is 5.75 Å². The van der Waals surface area contributed by atoms with Crippen molar-refractivity contribution in [3.05, 3.63) is 58.9 Å². The van der Waals surface area contributed by atoms with Crippen molar-refractivity contribution in [3.8, 4) is 5.75 Å². The van der Waals surface area contributed by atoms with Crippen molar-refractivity contribution < 1.29 is 27.9 Å². The van der Waals surface area contributed by atoms with E-state index in [1.165, 1.54) is 13.2 Å². The number of halogens is 1. The fourth-order valence-electron chi connectivity index (χ4n) is 3.32. The van der Waals surface area contributed by atoms with Crippen molar-refractivity contribution in [2.45, 2.75) is 31.3 Å². The molecule has 0 aliphatic carbocycles. The third-order valence-corrected chi connectivity index (χ3v) is 5.15. The van der Waals surface area contributed by atoms with E-state index in [-0.39, 0.29) is 0 Å². The Kier molecular flexibility index (Phi) is 5.79. The monoisotopic (exact) mass is 404 g/mol. The number of hydrogen-bond acceptors (Lipinski definition) is 6. The maximum atomic E-state index is 15.0. The maximum Gasteiger partial charge on any atom is 0.340 e. The van der Waals surface area contributed by atoms with Crippen LogP contribution in [0.25, 0.3) is 11.1 Å². The van der Waals surface area contributed by atoms with E-state index in [4.69, 9.17) is 13.8 Å². The van der Waals surface area contributed by atoms with Crippen molar-refractivity contribution in [3.63, 3.8) is 0 Å². The molecule has 0 radical (unpaired) electrons. The second kappa shape index (κ2) is 7.95. The molecule has 148 valence electrons. The summed E-state index contributed by atoms with van der Waals surface area (Å²) >= 11 is 0.899. The molecule has 1 aliphatic rings. The molecule has 0 unspecified atom stereocenters. The van der Waals surface area contributed by atoms with Gasteiger partial charge in [-0.15, -0.1) is 0 Å². The van der Waals surface area contributed by atoms with Gasteiger partial charge in [0.2, 0.25) is 0 Å². The minimum Gasteiger partial charge on any atom is -0.496 e. The molecular weight excluding hydrogens is 383 g/mol. The zero-order valence-electron chi connectivity index (χ0n) is 16.3. The first-order chi connectivity index (χ1) is 13.3. The first-order valence-corrected chi connectivity index (χ1v) is 9.33. The third kappa shape index (κ3) is 3.78. The molecule has 0 fully saturated rings. The van der Waals surface area contributed by atoms with E-state index in [0.29, 0.717) is 32.9 Å². The number of aryl methyl sites for hydroxylation is 1. The van der Waals surface area contributed by atoms with Crippen LogP contribution in [-0.4, -0.2) is 25.8 Å². The van der Waals surface area contributed by atoms with Crippen LogP contribution in [0.15, 0.2) is 41.3 Å². The summed E-state index contributed by atoms with van der Waals surface area (Å²) in [6.45, 7) is 5.38. The highest BCUT2D eigenvalue weighted by molar-refractivity contribution is 7.94. The summed E-state index contributed by atoms with van der Waals surface area (Å²) in [5.41, 5.74) is 1.71. The Morgan fingerprint density at radius 3 is 2.46 bits per heavy atom. The fourth-order valence-corrected chi connectivity index (χ4v) is 3.74. The molecule has 0 N–H and O–H groups in total. The summed E-state index contributed by atoms with van der Waals surface area (Å²) in [5.74, 6) is -0.249. The molecule has 0 aromatic heterocycles. The number of rotatable bonds is 6. The van der Waals surface area contributed by atoms with Gasteiger partial charge in [0.25, 0.3) is 0 Å². The van der Waals surface area contributed by atoms with Gasteiger partial charge in [0.15, 0.2) is 0 Å². The smallest absolute Gasteiger partial charge is 0.340 e. The largest absolute Gasteiger partial charge is 0.496 e. The molecular formula is C21H21FO5S. The van der Waals surface area contributed by atoms with Crippen LogP contribution in [0.2, 0.25) is 0 Å². The van der Waals surface area contributed by atoms with Crippen LogP contribution < -0.4 is 4.74 Å². The molecule has 2 aromatic rings. The average Bonchev–Trinajstić information content (AvgIpc) is 2.88. The van der Waals surface area contributed by atoms with Crippen LogP contribution in [0.4, 0.5) is 4.39 Å². The molecule has 0 saturated heterocycles. The Balaban J connectivity index is 2.16. The van der Waals surface area contributed by atoms with Gasteiger partial charge in [-0.25, -0.2) is 14.1 Å². The van der Waals surface area contributed by atoms with Crippen molar-refractivity contribution in [2.75, 3.05) is 14.2 Å². The number of cyclic esters (lactones) is 1. The average molecular weight is 404 g/mol. The summed E-state index contributed by atoms with van der Waals surface area (Å²) in [7, 11) is 2.96. The lowest BCUT2D eigenvalue weighted by atomic mass is 9.86. The van der Waals surface area contributed by atoms with Gasteiger partial charge in [0, 0.05) is 16.0 Å². The van der Waals surface area contributed by atoms with Gasteiger partial charge in [0.05, 0.1) is 31.8 Å². The van der Waals surface area contributed by atoms with E-state index in [1.54, 1.807) is 45.2 Å². The second-order valence-corrected chi connectivity index (χ2v) is 7.57. The molecule has 0 bridgehead atoms. The van der Waals surface area contributed by atoms with Crippen molar-refractivity contribution in [1.29, 1.82) is 0 Å². The molecule has 5 nitrogen and oxygen atoms in total. The minimum atomic E-state index is -0.973. The number of esters is 1. The zero-order valence-corrected chi connectivity index (χ0v) is 17.1. The lowest BCUT2D eigenvalue weighted by Crippen LogP contribution is -2.22. The quantitative estimate of drug-likeness (QED) is 0.293. The Morgan fingerprint density at radius 1 is 1.11 bits per heavy atom. The molecule has 28 heavy (non-hydrogen) atoms. The highest BCUT2D eigenvalue weighted by Gasteiger charge is 2.42. The van der Waals surface area contributed by atoms with Gasteiger partial charge < -0.3 is 9.47 Å². The maximum absolute atomic E-state index is 15.0. The van der Waals surface area contributed by atoms with Gasteiger partial charge in [-0.3, -0.25) is 0 Å². The van der Waals surface area contributed by atoms with E-state index in [9.17, 15) is 9.18 Å². The highest BCUT2D eigenvalue weighted by Crippen LogP contribution is 2.45.